The highest BCUT2D eigenvalue weighted by Gasteiger charge is 2.40. The van der Waals surface area contributed by atoms with E-state index in [0.717, 1.165) is 31.5 Å². The number of nitrogen functional groups attached to an aromatic ring is 1. The Kier molecular flexibility index (Phi) is 2.60. The number of anilines is 2. The van der Waals surface area contributed by atoms with Crippen LogP contribution in [0.2, 0.25) is 5.15 Å². The molecule has 2 aliphatic rings. The van der Waals surface area contributed by atoms with Crippen LogP contribution in [0.4, 0.5) is 11.8 Å². The molecule has 1 aromatic rings. The summed E-state index contributed by atoms with van der Waals surface area (Å²) in [5.41, 5.74) is 5.62. The Morgan fingerprint density at radius 1 is 1.29 bits per heavy atom. The number of nitrogens with two attached hydrogens (primary N) is 1. The maximum absolute atomic E-state index is 9.75. The standard InChI is InChI=1S/C11H15ClN4O/c12-9-5-10(15-11(13)14-9)16-6-1-2-7(16)4-8(17)3-6/h5-8,17H,1-4H2,(H2,13,14,15). The second-order valence-corrected chi connectivity index (χ2v) is 5.21. The first-order valence-corrected chi connectivity index (χ1v) is 6.28. The predicted molar refractivity (Wildman–Crippen MR) is 66.0 cm³/mol. The molecule has 2 aliphatic heterocycles. The van der Waals surface area contributed by atoms with Gasteiger partial charge in [-0.2, -0.15) is 4.98 Å². The van der Waals surface area contributed by atoms with E-state index in [1.807, 2.05) is 0 Å². The molecule has 3 heterocycles. The van der Waals surface area contributed by atoms with E-state index in [1.165, 1.54) is 0 Å². The van der Waals surface area contributed by atoms with E-state index in [0.29, 0.717) is 17.2 Å². The number of aromatic nitrogens is 2. The number of aliphatic hydroxyl groups is 1. The Morgan fingerprint density at radius 2 is 1.94 bits per heavy atom. The van der Waals surface area contributed by atoms with Crippen LogP contribution >= 0.6 is 11.6 Å². The lowest BCUT2D eigenvalue weighted by Gasteiger charge is -2.38. The van der Waals surface area contributed by atoms with E-state index in [-0.39, 0.29) is 12.1 Å². The molecule has 17 heavy (non-hydrogen) atoms. The molecule has 3 rings (SSSR count). The number of halogens is 1. The zero-order valence-corrected chi connectivity index (χ0v) is 10.1. The van der Waals surface area contributed by atoms with Crippen LogP contribution in [0.5, 0.6) is 0 Å². The lowest BCUT2D eigenvalue weighted by molar-refractivity contribution is 0.126. The molecule has 0 spiro atoms. The van der Waals surface area contributed by atoms with Crippen molar-refractivity contribution >= 4 is 23.4 Å². The smallest absolute Gasteiger partial charge is 0.223 e. The first-order chi connectivity index (χ1) is 8.13. The molecule has 3 N–H and O–H groups in total. The SMILES string of the molecule is Nc1nc(Cl)cc(N2C3CCC2CC(O)C3)n1. The second-order valence-electron chi connectivity index (χ2n) is 4.82. The maximum Gasteiger partial charge on any atom is 0.223 e. The summed E-state index contributed by atoms with van der Waals surface area (Å²) in [5, 5.41) is 10.1. The summed E-state index contributed by atoms with van der Waals surface area (Å²) in [6, 6.07) is 2.46. The van der Waals surface area contributed by atoms with E-state index in [4.69, 9.17) is 17.3 Å². The van der Waals surface area contributed by atoms with Crippen molar-refractivity contribution < 1.29 is 5.11 Å². The molecule has 2 fully saturated rings. The largest absolute Gasteiger partial charge is 0.393 e. The van der Waals surface area contributed by atoms with Crippen molar-refractivity contribution in [3.8, 4) is 0 Å². The molecule has 0 radical (unpaired) electrons. The zero-order valence-electron chi connectivity index (χ0n) is 9.38. The third-order valence-corrected chi connectivity index (χ3v) is 3.87. The number of fused-ring (bicyclic) bond motifs is 2. The number of nitrogens with zero attached hydrogens (tertiary/aromatic N) is 3. The van der Waals surface area contributed by atoms with Gasteiger partial charge in [0.25, 0.3) is 0 Å². The average molecular weight is 255 g/mol. The summed E-state index contributed by atoms with van der Waals surface area (Å²) < 4.78 is 0. The summed E-state index contributed by atoms with van der Waals surface area (Å²) in [5.74, 6) is 1.000. The highest BCUT2D eigenvalue weighted by molar-refractivity contribution is 6.29. The van der Waals surface area contributed by atoms with Crippen LogP contribution in [0.25, 0.3) is 0 Å². The minimum absolute atomic E-state index is 0.182. The van der Waals surface area contributed by atoms with Crippen LogP contribution in [0.15, 0.2) is 6.07 Å². The van der Waals surface area contributed by atoms with Crippen LogP contribution in [0.3, 0.4) is 0 Å². The summed E-state index contributed by atoms with van der Waals surface area (Å²) in [6.07, 6.45) is 3.63. The average Bonchev–Trinajstić information content (AvgIpc) is 2.50. The van der Waals surface area contributed by atoms with Crippen LogP contribution < -0.4 is 10.6 Å². The van der Waals surface area contributed by atoms with Crippen molar-refractivity contribution in [2.45, 2.75) is 43.9 Å². The van der Waals surface area contributed by atoms with Crippen molar-refractivity contribution in [1.29, 1.82) is 0 Å². The molecule has 0 amide bonds. The topological polar surface area (TPSA) is 75.3 Å². The molecular weight excluding hydrogens is 240 g/mol. The molecule has 1 aromatic heterocycles. The summed E-state index contributed by atoms with van der Waals surface area (Å²) in [4.78, 5) is 10.4. The van der Waals surface area contributed by atoms with Gasteiger partial charge in [0.2, 0.25) is 5.95 Å². The maximum atomic E-state index is 9.75. The molecule has 2 unspecified atom stereocenters. The molecule has 2 saturated heterocycles. The second kappa shape index (κ2) is 3.99. The lowest BCUT2D eigenvalue weighted by Crippen LogP contribution is -2.45. The molecule has 6 heteroatoms. The summed E-state index contributed by atoms with van der Waals surface area (Å²) in [7, 11) is 0. The zero-order chi connectivity index (χ0) is 12.0. The Bertz CT molecular complexity index is 407. The molecule has 0 saturated carbocycles. The molecule has 5 nitrogen and oxygen atoms in total. The summed E-state index contributed by atoms with van der Waals surface area (Å²) >= 11 is 5.91. The first kappa shape index (κ1) is 11.0. The van der Waals surface area contributed by atoms with Gasteiger partial charge in [0, 0.05) is 18.2 Å². The van der Waals surface area contributed by atoms with E-state index >= 15 is 0 Å². The monoisotopic (exact) mass is 254 g/mol. The fraction of sp³-hybridized carbons (Fsp3) is 0.636. The van der Waals surface area contributed by atoms with Crippen LogP contribution in [-0.4, -0.2) is 33.3 Å². The van der Waals surface area contributed by atoms with Crippen molar-refractivity contribution in [2.24, 2.45) is 0 Å². The van der Waals surface area contributed by atoms with Gasteiger partial charge in [0.1, 0.15) is 11.0 Å². The molecule has 0 aliphatic carbocycles. The van der Waals surface area contributed by atoms with Crippen LogP contribution in [0.1, 0.15) is 25.7 Å². The number of aliphatic hydroxyl groups excluding tert-OH is 1. The lowest BCUT2D eigenvalue weighted by atomic mass is 10.00. The summed E-state index contributed by atoms with van der Waals surface area (Å²) in [6.45, 7) is 0. The first-order valence-electron chi connectivity index (χ1n) is 5.90. The Labute approximate surface area is 105 Å². The molecule has 2 bridgehead atoms. The van der Waals surface area contributed by atoms with Crippen LogP contribution in [-0.2, 0) is 0 Å². The van der Waals surface area contributed by atoms with Gasteiger partial charge in [0.15, 0.2) is 0 Å². The third kappa shape index (κ3) is 1.93. The van der Waals surface area contributed by atoms with Crippen molar-refractivity contribution in [1.82, 2.24) is 9.97 Å². The Balaban J connectivity index is 1.94. The third-order valence-electron chi connectivity index (χ3n) is 3.67. The molecular formula is C11H15ClN4O. The van der Waals surface area contributed by atoms with Gasteiger partial charge >= 0.3 is 0 Å². The van der Waals surface area contributed by atoms with Crippen LogP contribution in [0, 0.1) is 0 Å². The minimum Gasteiger partial charge on any atom is -0.393 e. The van der Waals surface area contributed by atoms with Gasteiger partial charge in [-0.15, -0.1) is 0 Å². The van der Waals surface area contributed by atoms with Gasteiger partial charge in [0.05, 0.1) is 6.10 Å². The van der Waals surface area contributed by atoms with Gasteiger partial charge in [-0.1, -0.05) is 11.6 Å². The van der Waals surface area contributed by atoms with Crippen molar-refractivity contribution in [2.75, 3.05) is 10.6 Å². The van der Waals surface area contributed by atoms with E-state index in [2.05, 4.69) is 14.9 Å². The Hall–Kier alpha value is -1.07. The fourth-order valence-electron chi connectivity index (χ4n) is 3.08. The highest BCUT2D eigenvalue weighted by atomic mass is 35.5. The molecule has 2 atom stereocenters. The molecule has 0 aromatic carbocycles. The van der Waals surface area contributed by atoms with Gasteiger partial charge in [-0.25, -0.2) is 4.98 Å². The van der Waals surface area contributed by atoms with E-state index < -0.39 is 0 Å². The van der Waals surface area contributed by atoms with Gasteiger partial charge in [-0.05, 0) is 25.7 Å². The molecule has 92 valence electrons. The normalized spacial score (nSPS) is 31.9. The Morgan fingerprint density at radius 3 is 2.53 bits per heavy atom. The van der Waals surface area contributed by atoms with Gasteiger partial charge in [-0.3, -0.25) is 0 Å². The fourth-order valence-corrected chi connectivity index (χ4v) is 3.26. The quantitative estimate of drug-likeness (QED) is 0.737. The van der Waals surface area contributed by atoms with E-state index in [1.54, 1.807) is 6.07 Å². The number of hydrogen-bond acceptors (Lipinski definition) is 5. The predicted octanol–water partition coefficient (Wildman–Crippen LogP) is 1.20. The minimum atomic E-state index is -0.182. The van der Waals surface area contributed by atoms with Gasteiger partial charge < -0.3 is 15.7 Å². The number of hydrogen-bond donors (Lipinski definition) is 2. The van der Waals surface area contributed by atoms with E-state index in [9.17, 15) is 5.11 Å². The van der Waals surface area contributed by atoms with Crippen molar-refractivity contribution in [3.05, 3.63) is 11.2 Å². The number of piperidine rings is 1. The van der Waals surface area contributed by atoms with Crippen molar-refractivity contribution in [3.63, 3.8) is 0 Å². The highest BCUT2D eigenvalue weighted by Crippen LogP contribution is 2.39. The number of rotatable bonds is 1.